The number of nitrogen functional groups attached to an aromatic ring is 1. The topological polar surface area (TPSA) is 138 Å². The van der Waals surface area contributed by atoms with E-state index in [4.69, 9.17) is 15.9 Å². The van der Waals surface area contributed by atoms with E-state index in [1.165, 1.54) is 34.8 Å². The molecule has 1 aliphatic heterocycles. The number of ether oxygens (including phenoxy) is 1. The zero-order valence-corrected chi connectivity index (χ0v) is 24.0. The lowest BCUT2D eigenvalue weighted by molar-refractivity contribution is -0.138. The van der Waals surface area contributed by atoms with Crippen LogP contribution in [0.25, 0.3) is 0 Å². The van der Waals surface area contributed by atoms with E-state index in [9.17, 15) is 18.8 Å². The molecule has 220 valence electrons. The van der Waals surface area contributed by atoms with Crippen LogP contribution in [-0.4, -0.2) is 54.7 Å². The standard InChI is InChI=1S/C14H19N5O3S.C10H14O.C6H5F/c15-13(16)9-4-10(23-7-9)5-18-14(22)11-2-1-3-19(11)12(21)6-17-8-20;1-2-3-9-11-10-7-5-4-6-8-10;7-6-4-2-1-3-5-6/h4,7-8,11H,1-3,5-6H2,(H3,15,16)(H,17,20)(H,18,22);4-8H,2-3,9H2,1H3;1-5H. The summed E-state index contributed by atoms with van der Waals surface area (Å²) in [4.78, 5) is 36.9. The second-order valence-corrected chi connectivity index (χ2v) is 9.98. The van der Waals surface area contributed by atoms with Crippen molar-refractivity contribution in [3.8, 4) is 5.75 Å². The monoisotopic (exact) mass is 583 g/mol. The van der Waals surface area contributed by atoms with Gasteiger partial charge >= 0.3 is 0 Å². The SMILES string of the molecule is CCCCOc1ccccc1.Fc1ccccc1.N=C(N)c1csc(CNC(=O)C2CCCN2C(=O)CNC=O)c1. The molecule has 0 saturated carbocycles. The molecule has 11 heteroatoms. The third-order valence-electron chi connectivity index (χ3n) is 5.86. The number of likely N-dealkylation sites (tertiary alicyclic amines) is 1. The van der Waals surface area contributed by atoms with Crippen molar-refractivity contribution in [2.24, 2.45) is 5.73 Å². The Bertz CT molecular complexity index is 1210. The van der Waals surface area contributed by atoms with Crippen LogP contribution in [0.5, 0.6) is 5.75 Å². The van der Waals surface area contributed by atoms with Gasteiger partial charge in [0, 0.05) is 22.4 Å². The summed E-state index contributed by atoms with van der Waals surface area (Å²) < 4.78 is 17.4. The van der Waals surface area contributed by atoms with Crippen molar-refractivity contribution in [2.75, 3.05) is 19.7 Å². The maximum atomic E-state index is 12.3. The fourth-order valence-corrected chi connectivity index (χ4v) is 4.56. The quantitative estimate of drug-likeness (QED) is 0.117. The van der Waals surface area contributed by atoms with E-state index >= 15 is 0 Å². The Balaban J connectivity index is 0.000000267. The van der Waals surface area contributed by atoms with Crippen LogP contribution >= 0.6 is 11.3 Å². The molecule has 41 heavy (non-hydrogen) atoms. The summed E-state index contributed by atoms with van der Waals surface area (Å²) in [5.41, 5.74) is 6.04. The highest BCUT2D eigenvalue weighted by Crippen LogP contribution is 2.18. The maximum Gasteiger partial charge on any atom is 0.243 e. The van der Waals surface area contributed by atoms with Crippen LogP contribution in [-0.2, 0) is 20.9 Å². The fourth-order valence-electron chi connectivity index (χ4n) is 3.74. The summed E-state index contributed by atoms with van der Waals surface area (Å²) >= 11 is 1.42. The first kappa shape index (κ1) is 33.0. The second kappa shape index (κ2) is 18.9. The van der Waals surface area contributed by atoms with E-state index in [0.29, 0.717) is 31.5 Å². The number of carbonyl (C=O) groups is 3. The van der Waals surface area contributed by atoms with Crippen LogP contribution < -0.4 is 21.1 Å². The van der Waals surface area contributed by atoms with Gasteiger partial charge in [-0.3, -0.25) is 19.8 Å². The van der Waals surface area contributed by atoms with Crippen molar-refractivity contribution in [2.45, 2.75) is 45.2 Å². The Kier molecular flexibility index (Phi) is 15.2. The predicted molar refractivity (Wildman–Crippen MR) is 159 cm³/mol. The molecule has 1 atom stereocenters. The van der Waals surface area contributed by atoms with Gasteiger partial charge < -0.3 is 26.0 Å². The zero-order chi connectivity index (χ0) is 29.9. The zero-order valence-electron chi connectivity index (χ0n) is 23.2. The van der Waals surface area contributed by atoms with Crippen LogP contribution in [0.4, 0.5) is 4.39 Å². The number of benzene rings is 2. The van der Waals surface area contributed by atoms with Gasteiger partial charge in [-0.1, -0.05) is 49.7 Å². The number of nitrogens with two attached hydrogens (primary N) is 1. The van der Waals surface area contributed by atoms with Crippen molar-refractivity contribution in [3.05, 3.63) is 88.4 Å². The number of para-hydroxylation sites is 1. The summed E-state index contributed by atoms with van der Waals surface area (Å²) in [6, 6.07) is 19.1. The molecule has 1 unspecified atom stereocenters. The first-order valence-corrected chi connectivity index (χ1v) is 14.3. The first-order valence-electron chi connectivity index (χ1n) is 13.4. The average molecular weight is 584 g/mol. The highest BCUT2D eigenvalue weighted by atomic mass is 32.1. The third kappa shape index (κ3) is 12.6. The van der Waals surface area contributed by atoms with Crippen molar-refractivity contribution < 1.29 is 23.5 Å². The smallest absolute Gasteiger partial charge is 0.243 e. The molecule has 1 aliphatic rings. The maximum absolute atomic E-state index is 12.3. The summed E-state index contributed by atoms with van der Waals surface area (Å²) in [6.07, 6.45) is 4.16. The molecule has 0 bridgehead atoms. The van der Waals surface area contributed by atoms with E-state index in [1.807, 2.05) is 30.3 Å². The average Bonchev–Trinajstić information content (AvgIpc) is 3.67. The minimum absolute atomic E-state index is 0.00549. The molecular weight excluding hydrogens is 545 g/mol. The van der Waals surface area contributed by atoms with Crippen LogP contribution in [0.3, 0.4) is 0 Å². The molecule has 9 nitrogen and oxygen atoms in total. The lowest BCUT2D eigenvalue weighted by Gasteiger charge is -2.23. The molecule has 3 aromatic rings. The predicted octanol–water partition coefficient (Wildman–Crippen LogP) is 4.08. The number of hydrogen-bond acceptors (Lipinski definition) is 6. The number of unbranched alkanes of at least 4 members (excludes halogenated alkanes) is 1. The van der Waals surface area contributed by atoms with Crippen molar-refractivity contribution in [1.29, 1.82) is 5.41 Å². The number of hydrogen-bond donors (Lipinski definition) is 4. The van der Waals surface area contributed by atoms with Crippen molar-refractivity contribution >= 4 is 35.4 Å². The number of amides is 3. The molecule has 0 spiro atoms. The molecule has 2 aromatic carbocycles. The van der Waals surface area contributed by atoms with Gasteiger partial charge in [0.1, 0.15) is 23.4 Å². The molecule has 0 radical (unpaired) electrons. The van der Waals surface area contributed by atoms with E-state index in [2.05, 4.69) is 17.6 Å². The molecular formula is C30H38FN5O4S. The van der Waals surface area contributed by atoms with Gasteiger partial charge in [-0.15, -0.1) is 11.3 Å². The Hall–Kier alpha value is -4.25. The molecule has 0 aliphatic carbocycles. The Morgan fingerprint density at radius 1 is 1.17 bits per heavy atom. The van der Waals surface area contributed by atoms with Crippen LogP contribution in [0.1, 0.15) is 43.0 Å². The van der Waals surface area contributed by atoms with Crippen LogP contribution in [0.15, 0.2) is 72.1 Å². The van der Waals surface area contributed by atoms with Gasteiger partial charge in [0.05, 0.1) is 19.7 Å². The van der Waals surface area contributed by atoms with Gasteiger partial charge in [-0.05, 0) is 49.6 Å². The van der Waals surface area contributed by atoms with Gasteiger partial charge in [-0.2, -0.15) is 0 Å². The van der Waals surface area contributed by atoms with Crippen molar-refractivity contribution in [1.82, 2.24) is 15.5 Å². The molecule has 4 rings (SSSR count). The van der Waals surface area contributed by atoms with E-state index in [0.717, 1.165) is 30.1 Å². The Morgan fingerprint density at radius 3 is 2.41 bits per heavy atom. The molecule has 1 aromatic heterocycles. The summed E-state index contributed by atoms with van der Waals surface area (Å²) in [5, 5.41) is 14.2. The highest BCUT2D eigenvalue weighted by molar-refractivity contribution is 7.10. The van der Waals surface area contributed by atoms with E-state index < -0.39 is 6.04 Å². The van der Waals surface area contributed by atoms with Crippen LogP contribution in [0.2, 0.25) is 0 Å². The van der Waals surface area contributed by atoms with Crippen molar-refractivity contribution in [3.63, 3.8) is 0 Å². The molecule has 1 saturated heterocycles. The number of thiophene rings is 1. The fraction of sp³-hybridized carbons (Fsp3) is 0.333. The summed E-state index contributed by atoms with van der Waals surface area (Å²) in [6.45, 7) is 3.75. The number of carbonyl (C=O) groups excluding carboxylic acids is 3. The minimum Gasteiger partial charge on any atom is -0.494 e. The largest absolute Gasteiger partial charge is 0.494 e. The Morgan fingerprint density at radius 2 is 1.85 bits per heavy atom. The number of nitrogens with one attached hydrogen (secondary N) is 3. The minimum atomic E-state index is -0.497. The number of halogens is 1. The van der Waals surface area contributed by atoms with E-state index in [-0.39, 0.29) is 30.0 Å². The molecule has 3 amide bonds. The number of rotatable bonds is 11. The van der Waals surface area contributed by atoms with Gasteiger partial charge in [0.25, 0.3) is 0 Å². The molecule has 5 N–H and O–H groups in total. The second-order valence-electron chi connectivity index (χ2n) is 8.99. The normalized spacial score (nSPS) is 13.5. The first-order chi connectivity index (χ1) is 19.8. The number of nitrogens with zero attached hydrogens (tertiary/aromatic N) is 1. The number of amidine groups is 1. The lowest BCUT2D eigenvalue weighted by atomic mass is 10.2. The third-order valence-corrected chi connectivity index (χ3v) is 6.79. The van der Waals surface area contributed by atoms with Gasteiger partial charge in [0.2, 0.25) is 18.2 Å². The summed E-state index contributed by atoms with van der Waals surface area (Å²) in [5.74, 6) is 0.321. The van der Waals surface area contributed by atoms with Gasteiger partial charge in [0.15, 0.2) is 0 Å². The molecule has 1 fully saturated rings. The molecule has 2 heterocycles. The summed E-state index contributed by atoms with van der Waals surface area (Å²) in [7, 11) is 0. The van der Waals surface area contributed by atoms with E-state index in [1.54, 1.807) is 29.6 Å². The van der Waals surface area contributed by atoms with Gasteiger partial charge in [-0.25, -0.2) is 4.39 Å². The Labute approximate surface area is 244 Å². The van der Waals surface area contributed by atoms with Crippen LogP contribution in [0, 0.1) is 11.2 Å². The highest BCUT2D eigenvalue weighted by Gasteiger charge is 2.33. The lowest BCUT2D eigenvalue weighted by Crippen LogP contribution is -2.48.